The summed E-state index contributed by atoms with van der Waals surface area (Å²) in [5.74, 6) is 1.25. The van der Waals surface area contributed by atoms with Crippen molar-refractivity contribution in [2.24, 2.45) is 0 Å². The summed E-state index contributed by atoms with van der Waals surface area (Å²) in [6, 6.07) is 1.75. The van der Waals surface area contributed by atoms with Crippen LogP contribution in [-0.4, -0.2) is 48.7 Å². The zero-order valence-electron chi connectivity index (χ0n) is 10.4. The Hall–Kier alpha value is -0.880. The Morgan fingerprint density at radius 3 is 2.94 bits per heavy atom. The third-order valence-corrected chi connectivity index (χ3v) is 2.62. The first-order valence-electron chi connectivity index (χ1n) is 5.47. The van der Waals surface area contributed by atoms with Crippen LogP contribution in [0.1, 0.15) is 6.92 Å². The third kappa shape index (κ3) is 4.87. The molecule has 0 saturated carbocycles. The van der Waals surface area contributed by atoms with Crippen molar-refractivity contribution in [1.82, 2.24) is 9.97 Å². The molecule has 0 aliphatic heterocycles. The molecule has 0 amide bonds. The maximum Gasteiger partial charge on any atom is 0.228 e. The van der Waals surface area contributed by atoms with Gasteiger partial charge in [0.2, 0.25) is 11.8 Å². The standard InChI is InChI=1S/C11H18BrN3O2/c1-4-17-10-5-6-13-11(14-10)15(2)7-9(12)8-16-3/h5-6,9H,4,7-8H2,1-3H3. The fraction of sp³-hybridized carbons (Fsp3) is 0.636. The molecule has 17 heavy (non-hydrogen) atoms. The molecular weight excluding hydrogens is 286 g/mol. The van der Waals surface area contributed by atoms with Crippen molar-refractivity contribution in [3.63, 3.8) is 0 Å². The predicted molar refractivity (Wildman–Crippen MR) is 71.1 cm³/mol. The van der Waals surface area contributed by atoms with Gasteiger partial charge in [0.15, 0.2) is 0 Å². The quantitative estimate of drug-likeness (QED) is 0.718. The van der Waals surface area contributed by atoms with Gasteiger partial charge in [0.25, 0.3) is 0 Å². The van der Waals surface area contributed by atoms with Crippen molar-refractivity contribution in [2.45, 2.75) is 11.8 Å². The van der Waals surface area contributed by atoms with Gasteiger partial charge in [-0.25, -0.2) is 4.98 Å². The highest BCUT2D eigenvalue weighted by atomic mass is 79.9. The molecule has 0 saturated heterocycles. The fourth-order valence-electron chi connectivity index (χ4n) is 1.36. The molecular formula is C11H18BrN3O2. The second-order valence-corrected chi connectivity index (χ2v) is 4.86. The maximum atomic E-state index is 5.33. The van der Waals surface area contributed by atoms with Gasteiger partial charge in [-0.3, -0.25) is 0 Å². The molecule has 0 N–H and O–H groups in total. The molecule has 0 aliphatic rings. The van der Waals surface area contributed by atoms with Gasteiger partial charge in [0.1, 0.15) is 0 Å². The van der Waals surface area contributed by atoms with Crippen molar-refractivity contribution in [3.05, 3.63) is 12.3 Å². The summed E-state index contributed by atoms with van der Waals surface area (Å²) in [5.41, 5.74) is 0. The molecule has 0 radical (unpaired) electrons. The molecule has 5 nitrogen and oxygen atoms in total. The van der Waals surface area contributed by atoms with Crippen LogP contribution in [0.3, 0.4) is 0 Å². The first kappa shape index (κ1) is 14.2. The number of aromatic nitrogens is 2. The van der Waals surface area contributed by atoms with E-state index < -0.39 is 0 Å². The van der Waals surface area contributed by atoms with Crippen LogP contribution in [0.4, 0.5) is 5.95 Å². The molecule has 1 heterocycles. The lowest BCUT2D eigenvalue weighted by molar-refractivity contribution is 0.201. The van der Waals surface area contributed by atoms with Crippen LogP contribution in [0.15, 0.2) is 12.3 Å². The Balaban J connectivity index is 2.61. The van der Waals surface area contributed by atoms with Gasteiger partial charge in [-0.1, -0.05) is 15.9 Å². The van der Waals surface area contributed by atoms with Crippen LogP contribution >= 0.6 is 15.9 Å². The Kier molecular flexibility index (Phi) is 6.21. The molecule has 1 rings (SSSR count). The van der Waals surface area contributed by atoms with E-state index in [4.69, 9.17) is 9.47 Å². The maximum absolute atomic E-state index is 5.33. The van der Waals surface area contributed by atoms with E-state index in [2.05, 4.69) is 25.9 Å². The number of hydrogen-bond acceptors (Lipinski definition) is 5. The van der Waals surface area contributed by atoms with Crippen LogP contribution in [-0.2, 0) is 4.74 Å². The zero-order chi connectivity index (χ0) is 12.7. The minimum absolute atomic E-state index is 0.247. The monoisotopic (exact) mass is 303 g/mol. The van der Waals surface area contributed by atoms with Crippen molar-refractivity contribution >= 4 is 21.9 Å². The molecule has 0 bridgehead atoms. The number of anilines is 1. The Bertz CT molecular complexity index is 338. The van der Waals surface area contributed by atoms with Crippen molar-refractivity contribution in [1.29, 1.82) is 0 Å². The lowest BCUT2D eigenvalue weighted by atomic mass is 10.4. The molecule has 6 heteroatoms. The highest BCUT2D eigenvalue weighted by Crippen LogP contribution is 2.13. The van der Waals surface area contributed by atoms with E-state index in [1.165, 1.54) is 0 Å². The summed E-state index contributed by atoms with van der Waals surface area (Å²) in [7, 11) is 3.62. The minimum atomic E-state index is 0.247. The van der Waals surface area contributed by atoms with Crippen LogP contribution in [0.2, 0.25) is 0 Å². The van der Waals surface area contributed by atoms with Gasteiger partial charge in [-0.15, -0.1) is 0 Å². The largest absolute Gasteiger partial charge is 0.478 e. The molecule has 1 aromatic heterocycles. The average Bonchev–Trinajstić information content (AvgIpc) is 2.30. The van der Waals surface area contributed by atoms with E-state index in [9.17, 15) is 0 Å². The van der Waals surface area contributed by atoms with Gasteiger partial charge in [0, 0.05) is 33.0 Å². The molecule has 1 aromatic rings. The second kappa shape index (κ2) is 7.45. The number of methoxy groups -OCH3 is 1. The van der Waals surface area contributed by atoms with E-state index in [-0.39, 0.29) is 4.83 Å². The van der Waals surface area contributed by atoms with Crippen LogP contribution < -0.4 is 9.64 Å². The highest BCUT2D eigenvalue weighted by molar-refractivity contribution is 9.09. The molecule has 1 unspecified atom stereocenters. The average molecular weight is 304 g/mol. The molecule has 96 valence electrons. The van der Waals surface area contributed by atoms with Gasteiger partial charge >= 0.3 is 0 Å². The van der Waals surface area contributed by atoms with Crippen LogP contribution in [0.5, 0.6) is 5.88 Å². The summed E-state index contributed by atoms with van der Waals surface area (Å²) in [6.07, 6.45) is 1.70. The zero-order valence-corrected chi connectivity index (χ0v) is 12.0. The third-order valence-electron chi connectivity index (χ3n) is 2.07. The SMILES string of the molecule is CCOc1ccnc(N(C)CC(Br)COC)n1. The second-order valence-electron chi connectivity index (χ2n) is 3.56. The van der Waals surface area contributed by atoms with Crippen molar-refractivity contribution in [2.75, 3.05) is 38.8 Å². The van der Waals surface area contributed by atoms with Gasteiger partial charge in [-0.2, -0.15) is 4.98 Å². The van der Waals surface area contributed by atoms with Crippen molar-refractivity contribution in [3.8, 4) is 5.88 Å². The van der Waals surface area contributed by atoms with Crippen molar-refractivity contribution < 1.29 is 9.47 Å². The topological polar surface area (TPSA) is 47.5 Å². The van der Waals surface area contributed by atoms with Crippen LogP contribution in [0, 0.1) is 0 Å². The smallest absolute Gasteiger partial charge is 0.228 e. The normalized spacial score (nSPS) is 12.2. The Morgan fingerprint density at radius 2 is 2.29 bits per heavy atom. The molecule has 1 atom stereocenters. The van der Waals surface area contributed by atoms with Gasteiger partial charge < -0.3 is 14.4 Å². The first-order valence-corrected chi connectivity index (χ1v) is 6.39. The lowest BCUT2D eigenvalue weighted by Crippen LogP contribution is -2.29. The van der Waals surface area contributed by atoms with E-state index in [1.807, 2.05) is 18.9 Å². The number of hydrogen-bond donors (Lipinski definition) is 0. The van der Waals surface area contributed by atoms with Gasteiger partial charge in [0.05, 0.1) is 18.0 Å². The number of nitrogens with zero attached hydrogens (tertiary/aromatic N) is 3. The van der Waals surface area contributed by atoms with E-state index in [1.54, 1.807) is 19.4 Å². The van der Waals surface area contributed by atoms with E-state index in [0.29, 0.717) is 25.0 Å². The number of alkyl halides is 1. The number of ether oxygens (including phenoxy) is 2. The molecule has 0 aromatic carbocycles. The number of rotatable bonds is 7. The Morgan fingerprint density at radius 1 is 1.53 bits per heavy atom. The van der Waals surface area contributed by atoms with Crippen LogP contribution in [0.25, 0.3) is 0 Å². The fourth-order valence-corrected chi connectivity index (χ4v) is 2.06. The summed E-state index contributed by atoms with van der Waals surface area (Å²) >= 11 is 3.53. The summed E-state index contributed by atoms with van der Waals surface area (Å²) in [4.78, 5) is 10.7. The Labute approximate surface area is 110 Å². The minimum Gasteiger partial charge on any atom is -0.478 e. The highest BCUT2D eigenvalue weighted by Gasteiger charge is 2.11. The predicted octanol–water partition coefficient (Wildman–Crippen LogP) is 1.72. The molecule has 0 spiro atoms. The van der Waals surface area contributed by atoms with Gasteiger partial charge in [-0.05, 0) is 6.92 Å². The molecule has 0 fully saturated rings. The number of halogens is 1. The van der Waals surface area contributed by atoms with E-state index >= 15 is 0 Å². The molecule has 0 aliphatic carbocycles. The summed E-state index contributed by atoms with van der Waals surface area (Å²) < 4.78 is 10.4. The summed E-state index contributed by atoms with van der Waals surface area (Å²) in [6.45, 7) is 3.95. The lowest BCUT2D eigenvalue weighted by Gasteiger charge is -2.20. The first-order chi connectivity index (χ1) is 8.17. The van der Waals surface area contributed by atoms with E-state index in [0.717, 1.165) is 6.54 Å². The summed E-state index contributed by atoms with van der Waals surface area (Å²) in [5, 5.41) is 0.